The van der Waals surface area contributed by atoms with E-state index in [2.05, 4.69) is 9.97 Å². The normalized spacial score (nSPS) is 12.2. The number of nitrogens with zero attached hydrogens (tertiary/aromatic N) is 2. The van der Waals surface area contributed by atoms with Crippen molar-refractivity contribution < 1.29 is 9.53 Å². The van der Waals surface area contributed by atoms with E-state index in [0.29, 0.717) is 21.6 Å². The summed E-state index contributed by atoms with van der Waals surface area (Å²) in [5.74, 6) is -0.128. The minimum absolute atomic E-state index is 0.209. The van der Waals surface area contributed by atoms with E-state index in [0.717, 1.165) is 16.1 Å². The van der Waals surface area contributed by atoms with Crippen molar-refractivity contribution in [1.29, 1.82) is 0 Å². The lowest BCUT2D eigenvalue weighted by molar-refractivity contribution is 0.0320. The van der Waals surface area contributed by atoms with Gasteiger partial charge in [-0.3, -0.25) is 4.79 Å². The van der Waals surface area contributed by atoms with Gasteiger partial charge in [0.25, 0.3) is 5.56 Å². The number of carbonyl (C=O) groups is 1. The maximum absolute atomic E-state index is 12.6. The Labute approximate surface area is 165 Å². The summed E-state index contributed by atoms with van der Waals surface area (Å²) in [5.41, 5.74) is 2.03. The van der Waals surface area contributed by atoms with Crippen LogP contribution in [-0.2, 0) is 4.74 Å². The molecule has 0 aliphatic carbocycles. The van der Waals surface area contributed by atoms with Crippen molar-refractivity contribution in [3.63, 3.8) is 0 Å². The van der Waals surface area contributed by atoms with E-state index in [4.69, 9.17) is 4.74 Å². The first-order chi connectivity index (χ1) is 13.4. The molecule has 3 heterocycles. The van der Waals surface area contributed by atoms with Crippen LogP contribution in [0.5, 0.6) is 0 Å². The number of aromatic amines is 1. The lowest BCUT2D eigenvalue weighted by Gasteiger charge is -2.13. The molecule has 0 amide bonds. The van der Waals surface area contributed by atoms with E-state index in [1.54, 1.807) is 25.1 Å². The molecule has 4 aromatic rings. The molecule has 7 heteroatoms. The highest BCUT2D eigenvalue weighted by Crippen LogP contribution is 2.27. The summed E-state index contributed by atoms with van der Waals surface area (Å²) in [6.45, 7) is 5.57. The second kappa shape index (κ2) is 7.09. The Kier molecular flexibility index (Phi) is 4.60. The summed E-state index contributed by atoms with van der Waals surface area (Å²) < 4.78 is 7.47. The van der Waals surface area contributed by atoms with Crippen LogP contribution < -0.4 is 5.56 Å². The van der Waals surface area contributed by atoms with Crippen LogP contribution in [0.2, 0.25) is 0 Å². The molecule has 0 unspecified atom stereocenters. The van der Waals surface area contributed by atoms with Crippen molar-refractivity contribution in [1.82, 2.24) is 14.5 Å². The number of carbonyl (C=O) groups excluding carboxylic acids is 1. The first-order valence-corrected chi connectivity index (χ1v) is 9.70. The smallest absolute Gasteiger partial charge is 0.338 e. The van der Waals surface area contributed by atoms with E-state index in [9.17, 15) is 9.59 Å². The van der Waals surface area contributed by atoms with Gasteiger partial charge >= 0.3 is 5.97 Å². The molecular formula is C21H19N3O3S. The zero-order valence-electron chi connectivity index (χ0n) is 15.7. The lowest BCUT2D eigenvalue weighted by Crippen LogP contribution is -2.17. The van der Waals surface area contributed by atoms with Crippen LogP contribution in [0.3, 0.4) is 0 Å². The molecule has 0 fully saturated rings. The molecule has 28 heavy (non-hydrogen) atoms. The van der Waals surface area contributed by atoms with Gasteiger partial charge in [0.1, 0.15) is 4.83 Å². The van der Waals surface area contributed by atoms with Gasteiger partial charge in [0, 0.05) is 23.0 Å². The number of fused-ring (bicyclic) bond motifs is 1. The number of aryl methyl sites for hydroxylation is 2. The number of thiophene rings is 1. The number of ether oxygens (including phenoxy) is 1. The molecule has 0 saturated heterocycles. The van der Waals surface area contributed by atoms with Gasteiger partial charge in [-0.25, -0.2) is 9.78 Å². The molecule has 142 valence electrons. The summed E-state index contributed by atoms with van der Waals surface area (Å²) in [4.78, 5) is 34.0. The second-order valence-electron chi connectivity index (χ2n) is 6.60. The monoisotopic (exact) mass is 393 g/mol. The van der Waals surface area contributed by atoms with Gasteiger partial charge in [0.05, 0.1) is 10.9 Å². The second-order valence-corrected chi connectivity index (χ2v) is 7.81. The van der Waals surface area contributed by atoms with Crippen molar-refractivity contribution in [2.75, 3.05) is 0 Å². The zero-order valence-corrected chi connectivity index (χ0v) is 16.5. The Morgan fingerprint density at radius 2 is 1.96 bits per heavy atom. The fraction of sp³-hybridized carbons (Fsp3) is 0.190. The Balaban J connectivity index is 1.59. The number of aromatic nitrogens is 3. The summed E-state index contributed by atoms with van der Waals surface area (Å²) in [6, 6.07) is 11.0. The first-order valence-electron chi connectivity index (χ1n) is 8.88. The van der Waals surface area contributed by atoms with Crippen LogP contribution in [-0.4, -0.2) is 20.5 Å². The summed E-state index contributed by atoms with van der Waals surface area (Å²) in [5, 5.41) is 0.601. The minimum Gasteiger partial charge on any atom is -0.451 e. The molecule has 0 bridgehead atoms. The first kappa shape index (κ1) is 18.2. The Morgan fingerprint density at radius 3 is 2.71 bits per heavy atom. The van der Waals surface area contributed by atoms with E-state index in [1.165, 1.54) is 11.3 Å². The molecule has 0 aliphatic rings. The van der Waals surface area contributed by atoms with Gasteiger partial charge in [-0.05, 0) is 56.7 Å². The number of H-pyrrole nitrogens is 1. The average Bonchev–Trinajstić information content (AvgIpc) is 3.31. The minimum atomic E-state index is -0.678. The number of esters is 1. The van der Waals surface area contributed by atoms with E-state index >= 15 is 0 Å². The summed E-state index contributed by atoms with van der Waals surface area (Å²) in [6.07, 6.45) is 3.13. The standard InChI is InChI=1S/C21H19N3O3S/c1-12-14(3)28-20-17(12)19(25)22-18(23-20)13(2)27-21(26)15-7-6-8-16(11-15)24-9-4-5-10-24/h4-11,13H,1-3H3,(H,22,23,25)/t13-/m0/s1. The Morgan fingerprint density at radius 1 is 1.21 bits per heavy atom. The van der Waals surface area contributed by atoms with Gasteiger partial charge in [0.2, 0.25) is 0 Å². The third-order valence-corrected chi connectivity index (χ3v) is 5.81. The SMILES string of the molecule is Cc1sc2nc([C@H](C)OC(=O)c3cccc(-n4cccc4)c3)[nH]c(=O)c2c1C. The predicted molar refractivity (Wildman–Crippen MR) is 109 cm³/mol. The third kappa shape index (κ3) is 3.25. The molecule has 6 nitrogen and oxygen atoms in total. The van der Waals surface area contributed by atoms with E-state index in [1.807, 2.05) is 49.0 Å². The van der Waals surface area contributed by atoms with Crippen molar-refractivity contribution in [2.24, 2.45) is 0 Å². The molecule has 4 rings (SSSR count). The number of rotatable bonds is 4. The fourth-order valence-electron chi connectivity index (χ4n) is 3.05. The van der Waals surface area contributed by atoms with Crippen molar-refractivity contribution in [3.05, 3.63) is 81.0 Å². The van der Waals surface area contributed by atoms with Gasteiger partial charge in [-0.2, -0.15) is 0 Å². The highest BCUT2D eigenvalue weighted by molar-refractivity contribution is 7.18. The third-order valence-electron chi connectivity index (χ3n) is 4.71. The maximum atomic E-state index is 12.6. The maximum Gasteiger partial charge on any atom is 0.338 e. The van der Waals surface area contributed by atoms with Gasteiger partial charge in [-0.1, -0.05) is 6.07 Å². The highest BCUT2D eigenvalue weighted by atomic mass is 32.1. The quantitative estimate of drug-likeness (QED) is 0.524. The molecule has 0 aliphatic heterocycles. The van der Waals surface area contributed by atoms with Gasteiger partial charge in [-0.15, -0.1) is 11.3 Å². The van der Waals surface area contributed by atoms with Crippen LogP contribution in [0.4, 0.5) is 0 Å². The molecule has 0 spiro atoms. The molecular weight excluding hydrogens is 374 g/mol. The molecule has 0 saturated carbocycles. The predicted octanol–water partition coefficient (Wildman–Crippen LogP) is 4.31. The summed E-state index contributed by atoms with van der Waals surface area (Å²) >= 11 is 1.47. The lowest BCUT2D eigenvalue weighted by atomic mass is 10.2. The van der Waals surface area contributed by atoms with E-state index < -0.39 is 12.1 Å². The van der Waals surface area contributed by atoms with Crippen LogP contribution >= 0.6 is 11.3 Å². The van der Waals surface area contributed by atoms with Crippen LogP contribution in [0, 0.1) is 13.8 Å². The Bertz CT molecular complexity index is 1220. The molecule has 0 radical (unpaired) electrons. The largest absolute Gasteiger partial charge is 0.451 e. The molecule has 3 aromatic heterocycles. The number of benzene rings is 1. The van der Waals surface area contributed by atoms with Crippen LogP contribution in [0.25, 0.3) is 15.9 Å². The molecule has 1 aromatic carbocycles. The average molecular weight is 393 g/mol. The van der Waals surface area contributed by atoms with Crippen molar-refractivity contribution in [3.8, 4) is 5.69 Å². The van der Waals surface area contributed by atoms with Crippen LogP contribution in [0.15, 0.2) is 53.6 Å². The Hall–Kier alpha value is -3.19. The number of hydrogen-bond acceptors (Lipinski definition) is 5. The van der Waals surface area contributed by atoms with Crippen LogP contribution in [0.1, 0.15) is 39.7 Å². The molecule has 1 atom stereocenters. The fourth-order valence-corrected chi connectivity index (χ4v) is 4.09. The van der Waals surface area contributed by atoms with E-state index in [-0.39, 0.29) is 5.56 Å². The number of nitrogens with one attached hydrogen (secondary N) is 1. The van der Waals surface area contributed by atoms with Crippen molar-refractivity contribution in [2.45, 2.75) is 26.9 Å². The van der Waals surface area contributed by atoms with Crippen molar-refractivity contribution >= 4 is 27.5 Å². The zero-order chi connectivity index (χ0) is 19.8. The molecule has 1 N–H and O–H groups in total. The number of hydrogen-bond donors (Lipinski definition) is 1. The van der Waals surface area contributed by atoms with Gasteiger partial charge in [0.15, 0.2) is 11.9 Å². The summed E-state index contributed by atoms with van der Waals surface area (Å²) in [7, 11) is 0. The topological polar surface area (TPSA) is 77.0 Å². The highest BCUT2D eigenvalue weighted by Gasteiger charge is 2.19. The van der Waals surface area contributed by atoms with Gasteiger partial charge < -0.3 is 14.3 Å².